The Morgan fingerprint density at radius 2 is 1.48 bits per heavy atom. The Labute approximate surface area is 170 Å². The highest BCUT2D eigenvalue weighted by atomic mass is 16.4. The molecule has 3 rings (SSSR count). The third kappa shape index (κ3) is 4.83. The van der Waals surface area contributed by atoms with Crippen LogP contribution in [0.25, 0.3) is 0 Å². The van der Waals surface area contributed by atoms with Crippen LogP contribution in [0.4, 0.5) is 5.69 Å². The highest BCUT2D eigenvalue weighted by Crippen LogP contribution is 2.24. The second kappa shape index (κ2) is 8.47. The van der Waals surface area contributed by atoms with E-state index >= 15 is 0 Å². The lowest BCUT2D eigenvalue weighted by atomic mass is 9.91. The molecule has 2 unspecified atom stereocenters. The molecule has 1 aliphatic rings. The molecular formula is C23H26N2O4. The maximum Gasteiger partial charge on any atom is 0.335 e. The van der Waals surface area contributed by atoms with Gasteiger partial charge in [0.05, 0.1) is 5.56 Å². The molecule has 6 nitrogen and oxygen atoms in total. The van der Waals surface area contributed by atoms with Gasteiger partial charge in [0.2, 0.25) is 0 Å². The van der Waals surface area contributed by atoms with Crippen molar-refractivity contribution in [3.05, 3.63) is 64.7 Å². The van der Waals surface area contributed by atoms with Crippen molar-refractivity contribution in [2.75, 3.05) is 18.4 Å². The van der Waals surface area contributed by atoms with Crippen molar-refractivity contribution in [3.8, 4) is 0 Å². The van der Waals surface area contributed by atoms with Gasteiger partial charge in [-0.3, -0.25) is 9.59 Å². The zero-order valence-electron chi connectivity index (χ0n) is 16.9. The number of nitrogens with zero attached hydrogens (tertiary/aromatic N) is 1. The first-order chi connectivity index (χ1) is 13.7. The van der Waals surface area contributed by atoms with E-state index in [1.165, 1.54) is 24.3 Å². The van der Waals surface area contributed by atoms with Crippen LogP contribution < -0.4 is 5.32 Å². The standard InChI is InChI=1S/C23H26N2O4/c1-14-10-15(2)13-25(12-14)22(27)19-5-4-16(3)20(11-19)24-21(26)17-6-8-18(9-7-17)23(28)29/h4-9,11,14-15H,10,12-13H2,1-3H3,(H,24,26)(H,28,29). The van der Waals surface area contributed by atoms with E-state index in [0.29, 0.717) is 28.7 Å². The number of carbonyl (C=O) groups excluding carboxylic acids is 2. The fourth-order valence-electron chi connectivity index (χ4n) is 3.86. The van der Waals surface area contributed by atoms with E-state index in [9.17, 15) is 14.4 Å². The van der Waals surface area contributed by atoms with Crippen LogP contribution in [0.15, 0.2) is 42.5 Å². The summed E-state index contributed by atoms with van der Waals surface area (Å²) in [6.07, 6.45) is 1.12. The first kappa shape index (κ1) is 20.6. The third-order valence-electron chi connectivity index (χ3n) is 5.28. The summed E-state index contributed by atoms with van der Waals surface area (Å²) in [5.41, 5.74) is 2.44. The number of anilines is 1. The molecule has 0 bridgehead atoms. The molecule has 0 spiro atoms. The second-order valence-electron chi connectivity index (χ2n) is 8.02. The van der Waals surface area contributed by atoms with Crippen LogP contribution in [0.3, 0.4) is 0 Å². The van der Waals surface area contributed by atoms with Crippen molar-refractivity contribution in [2.45, 2.75) is 27.2 Å². The fourth-order valence-corrected chi connectivity index (χ4v) is 3.86. The predicted molar refractivity (Wildman–Crippen MR) is 111 cm³/mol. The van der Waals surface area contributed by atoms with E-state index in [-0.39, 0.29) is 17.4 Å². The van der Waals surface area contributed by atoms with E-state index in [4.69, 9.17) is 5.11 Å². The summed E-state index contributed by atoms with van der Waals surface area (Å²) in [7, 11) is 0. The molecule has 1 saturated heterocycles. The zero-order chi connectivity index (χ0) is 21.1. The number of likely N-dealkylation sites (tertiary alicyclic amines) is 1. The zero-order valence-corrected chi connectivity index (χ0v) is 16.9. The number of hydrogen-bond acceptors (Lipinski definition) is 3. The molecule has 2 atom stereocenters. The Balaban J connectivity index is 1.77. The molecular weight excluding hydrogens is 368 g/mol. The van der Waals surface area contributed by atoms with Crippen LogP contribution in [-0.2, 0) is 0 Å². The molecule has 0 aromatic heterocycles. The van der Waals surface area contributed by atoms with Crippen molar-refractivity contribution in [1.82, 2.24) is 4.90 Å². The molecule has 2 aromatic rings. The quantitative estimate of drug-likeness (QED) is 0.819. The van der Waals surface area contributed by atoms with Crippen LogP contribution in [0.5, 0.6) is 0 Å². The molecule has 29 heavy (non-hydrogen) atoms. The van der Waals surface area contributed by atoms with Gasteiger partial charge in [-0.25, -0.2) is 4.79 Å². The van der Waals surface area contributed by atoms with E-state index in [2.05, 4.69) is 19.2 Å². The van der Waals surface area contributed by atoms with Crippen molar-refractivity contribution < 1.29 is 19.5 Å². The van der Waals surface area contributed by atoms with Gasteiger partial charge in [0, 0.05) is 29.9 Å². The predicted octanol–water partition coefficient (Wildman–Crippen LogP) is 4.06. The molecule has 0 aliphatic carbocycles. The summed E-state index contributed by atoms with van der Waals surface area (Å²) in [4.78, 5) is 38.4. The van der Waals surface area contributed by atoms with E-state index < -0.39 is 5.97 Å². The van der Waals surface area contributed by atoms with Crippen LogP contribution in [0.2, 0.25) is 0 Å². The molecule has 0 radical (unpaired) electrons. The van der Waals surface area contributed by atoms with Gasteiger partial charge in [-0.1, -0.05) is 19.9 Å². The maximum atomic E-state index is 13.0. The number of rotatable bonds is 4. The summed E-state index contributed by atoms with van der Waals surface area (Å²) in [5, 5.41) is 11.8. The van der Waals surface area contributed by atoms with Gasteiger partial charge < -0.3 is 15.3 Å². The topological polar surface area (TPSA) is 86.7 Å². The minimum atomic E-state index is -1.04. The summed E-state index contributed by atoms with van der Waals surface area (Å²) in [5.74, 6) is -0.470. The molecule has 1 aliphatic heterocycles. The van der Waals surface area contributed by atoms with Gasteiger partial charge in [-0.05, 0) is 67.1 Å². The number of aryl methyl sites for hydroxylation is 1. The number of amides is 2. The van der Waals surface area contributed by atoms with E-state index in [1.54, 1.807) is 12.1 Å². The van der Waals surface area contributed by atoms with E-state index in [0.717, 1.165) is 25.1 Å². The Bertz CT molecular complexity index is 926. The molecule has 1 heterocycles. The third-order valence-corrected chi connectivity index (χ3v) is 5.28. The Hall–Kier alpha value is -3.15. The molecule has 152 valence electrons. The van der Waals surface area contributed by atoms with Gasteiger partial charge in [0.15, 0.2) is 0 Å². The summed E-state index contributed by atoms with van der Waals surface area (Å²) < 4.78 is 0. The minimum Gasteiger partial charge on any atom is -0.478 e. The fraction of sp³-hybridized carbons (Fsp3) is 0.348. The van der Waals surface area contributed by atoms with Gasteiger partial charge in [0.25, 0.3) is 11.8 Å². The highest BCUT2D eigenvalue weighted by Gasteiger charge is 2.26. The maximum absolute atomic E-state index is 13.0. The molecule has 6 heteroatoms. The number of piperidine rings is 1. The average Bonchev–Trinajstić information content (AvgIpc) is 2.68. The number of carboxylic acids is 1. The number of carbonyl (C=O) groups is 3. The molecule has 0 saturated carbocycles. The molecule has 1 fully saturated rings. The Morgan fingerprint density at radius 3 is 2.07 bits per heavy atom. The Kier molecular flexibility index (Phi) is 6.01. The van der Waals surface area contributed by atoms with Gasteiger partial charge in [-0.15, -0.1) is 0 Å². The van der Waals surface area contributed by atoms with Crippen LogP contribution >= 0.6 is 0 Å². The van der Waals surface area contributed by atoms with Crippen LogP contribution in [0, 0.1) is 18.8 Å². The average molecular weight is 394 g/mol. The molecule has 2 amide bonds. The normalized spacial score (nSPS) is 18.9. The number of benzene rings is 2. The molecule has 2 aromatic carbocycles. The van der Waals surface area contributed by atoms with Gasteiger partial charge in [0.1, 0.15) is 0 Å². The minimum absolute atomic E-state index is 0.0234. The second-order valence-corrected chi connectivity index (χ2v) is 8.02. The summed E-state index contributed by atoms with van der Waals surface area (Å²) in [6.45, 7) is 7.67. The van der Waals surface area contributed by atoms with Crippen molar-refractivity contribution >= 4 is 23.5 Å². The number of nitrogens with one attached hydrogen (secondary N) is 1. The highest BCUT2D eigenvalue weighted by molar-refractivity contribution is 6.06. The SMILES string of the molecule is Cc1ccc(C(=O)N2CC(C)CC(C)C2)cc1NC(=O)c1ccc(C(=O)O)cc1. The largest absolute Gasteiger partial charge is 0.478 e. The lowest BCUT2D eigenvalue weighted by Gasteiger charge is -2.35. The lowest BCUT2D eigenvalue weighted by molar-refractivity contribution is 0.0622. The first-order valence-electron chi connectivity index (χ1n) is 9.79. The first-order valence-corrected chi connectivity index (χ1v) is 9.79. The Morgan fingerprint density at radius 1 is 0.931 bits per heavy atom. The number of hydrogen-bond donors (Lipinski definition) is 2. The van der Waals surface area contributed by atoms with E-state index in [1.807, 2.05) is 17.9 Å². The summed E-state index contributed by atoms with van der Waals surface area (Å²) in [6, 6.07) is 11.1. The van der Waals surface area contributed by atoms with Crippen molar-refractivity contribution in [3.63, 3.8) is 0 Å². The van der Waals surface area contributed by atoms with Crippen molar-refractivity contribution in [1.29, 1.82) is 0 Å². The van der Waals surface area contributed by atoms with Crippen LogP contribution in [-0.4, -0.2) is 40.9 Å². The van der Waals surface area contributed by atoms with Gasteiger partial charge >= 0.3 is 5.97 Å². The summed E-state index contributed by atoms with van der Waals surface area (Å²) >= 11 is 0. The van der Waals surface area contributed by atoms with Gasteiger partial charge in [-0.2, -0.15) is 0 Å². The number of carboxylic acid groups (broad SMARTS) is 1. The number of aromatic carboxylic acids is 1. The van der Waals surface area contributed by atoms with Crippen LogP contribution in [0.1, 0.15) is 56.9 Å². The monoisotopic (exact) mass is 394 g/mol. The van der Waals surface area contributed by atoms with Crippen molar-refractivity contribution in [2.24, 2.45) is 11.8 Å². The molecule has 2 N–H and O–H groups in total. The smallest absolute Gasteiger partial charge is 0.335 e. The lowest BCUT2D eigenvalue weighted by Crippen LogP contribution is -2.42.